The van der Waals surface area contributed by atoms with Crippen molar-refractivity contribution in [2.45, 2.75) is 26.9 Å². The molecule has 0 aromatic heterocycles. The van der Waals surface area contributed by atoms with Crippen LogP contribution in [0.5, 0.6) is 5.75 Å². The molecule has 0 N–H and O–H groups in total. The van der Waals surface area contributed by atoms with E-state index >= 15 is 0 Å². The van der Waals surface area contributed by atoms with Crippen molar-refractivity contribution in [3.8, 4) is 5.75 Å². The van der Waals surface area contributed by atoms with E-state index in [-0.39, 0.29) is 42.6 Å². The van der Waals surface area contributed by atoms with Gasteiger partial charge in [-0.05, 0) is 43.2 Å². The van der Waals surface area contributed by atoms with Crippen LogP contribution in [0.4, 0.5) is 14.5 Å². The predicted molar refractivity (Wildman–Crippen MR) is 122 cm³/mol. The number of ether oxygens (including phenoxy) is 1. The average molecular weight is 472 g/mol. The van der Waals surface area contributed by atoms with Crippen LogP contribution < -0.4 is 9.64 Å². The molecule has 0 saturated carbocycles. The third-order valence-corrected chi connectivity index (χ3v) is 6.55. The Morgan fingerprint density at radius 1 is 0.971 bits per heavy atom. The van der Waals surface area contributed by atoms with E-state index in [1.807, 2.05) is 32.0 Å². The standard InChI is InChI=1S/C25H27F2N3O4/c1-16-6-5-8-20(17(16)2)30-15-18(14-22(30)31)23(32)28-10-12-29(13-11-28)24(33)19-7-3-4-9-21(19)34-25(26)27/h3-9,18,25H,10-15H2,1-2H3. The van der Waals surface area contributed by atoms with Crippen molar-refractivity contribution < 1.29 is 27.9 Å². The van der Waals surface area contributed by atoms with Gasteiger partial charge in [0, 0.05) is 44.8 Å². The van der Waals surface area contributed by atoms with Gasteiger partial charge in [-0.25, -0.2) is 0 Å². The number of nitrogens with zero attached hydrogens (tertiary/aromatic N) is 3. The summed E-state index contributed by atoms with van der Waals surface area (Å²) in [6.07, 6.45) is 0.156. The summed E-state index contributed by atoms with van der Waals surface area (Å²) in [5.41, 5.74) is 3.00. The van der Waals surface area contributed by atoms with Crippen LogP contribution in [0.2, 0.25) is 0 Å². The minimum Gasteiger partial charge on any atom is -0.434 e. The third kappa shape index (κ3) is 4.73. The molecule has 1 unspecified atom stereocenters. The number of carbonyl (C=O) groups excluding carboxylic acids is 3. The van der Waals surface area contributed by atoms with Crippen LogP contribution in [-0.4, -0.2) is 66.9 Å². The number of anilines is 1. The van der Waals surface area contributed by atoms with Gasteiger partial charge in [0.25, 0.3) is 5.91 Å². The zero-order valence-corrected chi connectivity index (χ0v) is 19.2. The van der Waals surface area contributed by atoms with Gasteiger partial charge in [-0.15, -0.1) is 0 Å². The summed E-state index contributed by atoms with van der Waals surface area (Å²) in [7, 11) is 0. The van der Waals surface area contributed by atoms with Crippen molar-refractivity contribution in [3.05, 3.63) is 59.2 Å². The molecule has 0 aliphatic carbocycles. The van der Waals surface area contributed by atoms with E-state index in [4.69, 9.17) is 0 Å². The summed E-state index contributed by atoms with van der Waals surface area (Å²) in [6.45, 7) is 2.44. The van der Waals surface area contributed by atoms with E-state index in [1.54, 1.807) is 15.9 Å². The largest absolute Gasteiger partial charge is 0.434 e. The molecule has 2 aromatic rings. The van der Waals surface area contributed by atoms with E-state index in [0.717, 1.165) is 16.8 Å². The minimum atomic E-state index is -3.03. The van der Waals surface area contributed by atoms with Gasteiger partial charge in [-0.1, -0.05) is 24.3 Å². The van der Waals surface area contributed by atoms with Gasteiger partial charge < -0.3 is 19.4 Å². The Hall–Kier alpha value is -3.49. The average Bonchev–Trinajstić information content (AvgIpc) is 3.21. The molecule has 2 aromatic carbocycles. The molecule has 2 aliphatic heterocycles. The van der Waals surface area contributed by atoms with Crippen LogP contribution in [0.25, 0.3) is 0 Å². The van der Waals surface area contributed by atoms with Gasteiger partial charge >= 0.3 is 6.61 Å². The van der Waals surface area contributed by atoms with E-state index in [1.165, 1.54) is 23.1 Å². The lowest BCUT2D eigenvalue weighted by atomic mass is 10.1. The van der Waals surface area contributed by atoms with Crippen LogP contribution in [0, 0.1) is 19.8 Å². The molecular weight excluding hydrogens is 444 g/mol. The molecule has 34 heavy (non-hydrogen) atoms. The molecule has 2 fully saturated rings. The van der Waals surface area contributed by atoms with Gasteiger partial charge in [0.1, 0.15) is 5.75 Å². The van der Waals surface area contributed by atoms with Crippen molar-refractivity contribution in [1.29, 1.82) is 0 Å². The number of aryl methyl sites for hydroxylation is 1. The Balaban J connectivity index is 1.38. The first-order valence-corrected chi connectivity index (χ1v) is 11.2. The van der Waals surface area contributed by atoms with Crippen molar-refractivity contribution in [2.75, 3.05) is 37.6 Å². The Bertz CT molecular complexity index is 1100. The molecule has 2 saturated heterocycles. The van der Waals surface area contributed by atoms with Crippen LogP contribution >= 0.6 is 0 Å². The number of carbonyl (C=O) groups is 3. The number of hydrogen-bond acceptors (Lipinski definition) is 4. The summed E-state index contributed by atoms with van der Waals surface area (Å²) in [5.74, 6) is -1.20. The molecule has 0 bridgehead atoms. The number of piperazine rings is 1. The Kier molecular flexibility index (Phi) is 6.81. The van der Waals surface area contributed by atoms with E-state index in [9.17, 15) is 23.2 Å². The van der Waals surface area contributed by atoms with Crippen LogP contribution in [0.1, 0.15) is 27.9 Å². The summed E-state index contributed by atoms with van der Waals surface area (Å²) >= 11 is 0. The molecule has 3 amide bonds. The minimum absolute atomic E-state index is 0.0631. The lowest BCUT2D eigenvalue weighted by Gasteiger charge is -2.36. The quantitative estimate of drug-likeness (QED) is 0.672. The molecule has 0 radical (unpaired) electrons. The second-order valence-electron chi connectivity index (χ2n) is 8.62. The maximum Gasteiger partial charge on any atom is 0.387 e. The number of rotatable bonds is 5. The highest BCUT2D eigenvalue weighted by molar-refractivity contribution is 6.01. The summed E-state index contributed by atoms with van der Waals surface area (Å²) in [6, 6.07) is 11.7. The van der Waals surface area contributed by atoms with Gasteiger partial charge in [-0.3, -0.25) is 14.4 Å². The van der Waals surface area contributed by atoms with E-state index in [2.05, 4.69) is 4.74 Å². The van der Waals surface area contributed by atoms with Crippen molar-refractivity contribution in [2.24, 2.45) is 5.92 Å². The van der Waals surface area contributed by atoms with E-state index < -0.39 is 18.4 Å². The number of amides is 3. The number of halogens is 2. The van der Waals surface area contributed by atoms with E-state index in [0.29, 0.717) is 19.6 Å². The maximum absolute atomic E-state index is 13.1. The number of hydrogen-bond donors (Lipinski definition) is 0. The van der Waals surface area contributed by atoms with Crippen LogP contribution in [-0.2, 0) is 9.59 Å². The molecule has 1 atom stereocenters. The van der Waals surface area contributed by atoms with Crippen molar-refractivity contribution in [1.82, 2.24) is 9.80 Å². The Labute approximate surface area is 196 Å². The van der Waals surface area contributed by atoms with Crippen LogP contribution in [0.3, 0.4) is 0 Å². The number of benzene rings is 2. The van der Waals surface area contributed by atoms with Crippen molar-refractivity contribution >= 4 is 23.4 Å². The monoisotopic (exact) mass is 471 g/mol. The second kappa shape index (κ2) is 9.79. The summed E-state index contributed by atoms with van der Waals surface area (Å²) < 4.78 is 29.8. The molecule has 7 nitrogen and oxygen atoms in total. The number of para-hydroxylation sites is 1. The zero-order valence-electron chi connectivity index (χ0n) is 19.2. The first-order valence-electron chi connectivity index (χ1n) is 11.2. The third-order valence-electron chi connectivity index (χ3n) is 6.55. The lowest BCUT2D eigenvalue weighted by molar-refractivity contribution is -0.137. The highest BCUT2D eigenvalue weighted by Gasteiger charge is 2.39. The van der Waals surface area contributed by atoms with Crippen molar-refractivity contribution in [3.63, 3.8) is 0 Å². The molecule has 4 rings (SSSR count). The lowest BCUT2D eigenvalue weighted by Crippen LogP contribution is -2.52. The SMILES string of the molecule is Cc1cccc(N2CC(C(=O)N3CCN(C(=O)c4ccccc4OC(F)F)CC3)CC2=O)c1C. The first kappa shape index (κ1) is 23.7. The van der Waals surface area contributed by atoms with Gasteiger partial charge in [0.05, 0.1) is 11.5 Å². The normalized spacial score (nSPS) is 18.6. The zero-order chi connectivity index (χ0) is 24.4. The highest BCUT2D eigenvalue weighted by Crippen LogP contribution is 2.30. The fourth-order valence-electron chi connectivity index (χ4n) is 4.53. The fourth-order valence-corrected chi connectivity index (χ4v) is 4.53. The smallest absolute Gasteiger partial charge is 0.387 e. The summed E-state index contributed by atoms with van der Waals surface area (Å²) in [4.78, 5) is 43.6. The summed E-state index contributed by atoms with van der Waals surface area (Å²) in [5, 5.41) is 0. The maximum atomic E-state index is 13.1. The van der Waals surface area contributed by atoms with Crippen LogP contribution in [0.15, 0.2) is 42.5 Å². The fraction of sp³-hybridized carbons (Fsp3) is 0.400. The molecule has 9 heteroatoms. The molecule has 0 spiro atoms. The first-order chi connectivity index (χ1) is 16.3. The molecule has 180 valence electrons. The van der Waals surface area contributed by atoms with Gasteiger partial charge in [-0.2, -0.15) is 8.78 Å². The second-order valence-corrected chi connectivity index (χ2v) is 8.62. The van der Waals surface area contributed by atoms with Gasteiger partial charge in [0.2, 0.25) is 11.8 Å². The molecule has 2 aliphatic rings. The molecular formula is C25H27F2N3O4. The Morgan fingerprint density at radius 3 is 2.35 bits per heavy atom. The highest BCUT2D eigenvalue weighted by atomic mass is 19.3. The predicted octanol–water partition coefficient (Wildman–Crippen LogP) is 3.24. The topological polar surface area (TPSA) is 70.2 Å². The number of alkyl halides is 2. The van der Waals surface area contributed by atoms with Gasteiger partial charge in [0.15, 0.2) is 0 Å². The Morgan fingerprint density at radius 2 is 1.65 bits per heavy atom. The molecule has 2 heterocycles.